The Kier molecular flexibility index (Phi) is 6.08. The van der Waals surface area contributed by atoms with E-state index in [1.165, 1.54) is 17.2 Å². The maximum absolute atomic E-state index is 10.9. The first kappa shape index (κ1) is 17.7. The third kappa shape index (κ3) is 4.92. The van der Waals surface area contributed by atoms with Crippen LogP contribution in [0.1, 0.15) is 11.1 Å². The minimum Gasteiger partial charge on any atom is -0.378 e. The van der Waals surface area contributed by atoms with Gasteiger partial charge in [0.05, 0.1) is 4.92 Å². The predicted molar refractivity (Wildman–Crippen MR) is 102 cm³/mol. The van der Waals surface area contributed by atoms with Crippen LogP contribution in [0.5, 0.6) is 0 Å². The van der Waals surface area contributed by atoms with Crippen LogP contribution in [0, 0.1) is 24.0 Å². The zero-order valence-corrected chi connectivity index (χ0v) is 14.4. The van der Waals surface area contributed by atoms with E-state index in [9.17, 15) is 10.1 Å². The number of nitrogens with one attached hydrogen (secondary N) is 3. The van der Waals surface area contributed by atoms with Gasteiger partial charge in [0.2, 0.25) is 0 Å². The van der Waals surface area contributed by atoms with Crippen molar-refractivity contribution in [1.82, 2.24) is 5.32 Å². The number of anilines is 2. The molecule has 0 atom stereocenters. The van der Waals surface area contributed by atoms with Crippen LogP contribution in [0.15, 0.2) is 42.5 Å². The Labute approximate surface area is 146 Å². The smallest absolute Gasteiger partial charge is 0.292 e. The number of aryl methyl sites for hydroxylation is 2. The topological polar surface area (TPSA) is 79.2 Å². The molecule has 0 amide bonds. The van der Waals surface area contributed by atoms with Gasteiger partial charge in [-0.3, -0.25) is 10.1 Å². The highest BCUT2D eigenvalue weighted by molar-refractivity contribution is 7.80. The first-order valence-electron chi connectivity index (χ1n) is 7.57. The van der Waals surface area contributed by atoms with Gasteiger partial charge in [-0.1, -0.05) is 18.2 Å². The molecule has 0 radical (unpaired) electrons. The summed E-state index contributed by atoms with van der Waals surface area (Å²) in [7, 11) is 0. The van der Waals surface area contributed by atoms with Crippen LogP contribution in [0.4, 0.5) is 17.1 Å². The van der Waals surface area contributed by atoms with Crippen molar-refractivity contribution in [3.05, 3.63) is 63.7 Å². The highest BCUT2D eigenvalue weighted by Gasteiger charge is 2.11. The molecule has 0 spiro atoms. The molecular weight excluding hydrogens is 324 g/mol. The number of nitro benzene ring substituents is 1. The standard InChI is InChI=1S/C17H20N4O2S/c1-12-7-8-14(11-13(12)2)20-17(24)19-10-9-18-15-5-3-4-6-16(15)21(22)23/h3-8,11,18H,9-10H2,1-2H3,(H2,19,20,24). The molecule has 0 heterocycles. The maximum Gasteiger partial charge on any atom is 0.292 e. The lowest BCUT2D eigenvalue weighted by Gasteiger charge is -2.12. The third-order valence-corrected chi connectivity index (χ3v) is 3.84. The first-order chi connectivity index (χ1) is 11.5. The highest BCUT2D eigenvalue weighted by Crippen LogP contribution is 2.22. The SMILES string of the molecule is Cc1ccc(NC(=S)NCCNc2ccccc2[N+](=O)[O-])cc1C. The molecule has 126 valence electrons. The van der Waals surface area contributed by atoms with Gasteiger partial charge >= 0.3 is 0 Å². The van der Waals surface area contributed by atoms with E-state index in [2.05, 4.69) is 22.9 Å². The second-order valence-corrected chi connectivity index (χ2v) is 5.79. The zero-order chi connectivity index (χ0) is 17.5. The van der Waals surface area contributed by atoms with Crippen molar-refractivity contribution in [3.8, 4) is 0 Å². The van der Waals surface area contributed by atoms with Gasteiger partial charge in [-0.2, -0.15) is 0 Å². The molecule has 6 nitrogen and oxygen atoms in total. The Bertz CT molecular complexity index is 749. The summed E-state index contributed by atoms with van der Waals surface area (Å²) in [5.41, 5.74) is 3.92. The quantitative estimate of drug-likeness (QED) is 0.321. The van der Waals surface area contributed by atoms with Crippen molar-refractivity contribution >= 4 is 34.4 Å². The number of hydrogen-bond acceptors (Lipinski definition) is 4. The molecule has 7 heteroatoms. The monoisotopic (exact) mass is 344 g/mol. The third-order valence-electron chi connectivity index (χ3n) is 3.59. The number of hydrogen-bond donors (Lipinski definition) is 3. The van der Waals surface area contributed by atoms with E-state index in [1.54, 1.807) is 18.2 Å². The number of rotatable bonds is 6. The van der Waals surface area contributed by atoms with Crippen LogP contribution < -0.4 is 16.0 Å². The van der Waals surface area contributed by atoms with Crippen molar-refractivity contribution in [2.45, 2.75) is 13.8 Å². The molecule has 2 rings (SSSR count). The number of nitro groups is 1. The van der Waals surface area contributed by atoms with E-state index in [-0.39, 0.29) is 5.69 Å². The number of thiocarbonyl (C=S) groups is 1. The Hall–Kier alpha value is -2.67. The van der Waals surface area contributed by atoms with E-state index in [0.717, 1.165) is 5.69 Å². The van der Waals surface area contributed by atoms with Gasteiger partial charge in [0, 0.05) is 24.8 Å². The fraction of sp³-hybridized carbons (Fsp3) is 0.235. The Morgan fingerprint density at radius 1 is 1.12 bits per heavy atom. The minimum absolute atomic E-state index is 0.0633. The van der Waals surface area contributed by atoms with Gasteiger partial charge in [-0.15, -0.1) is 0 Å². The summed E-state index contributed by atoms with van der Waals surface area (Å²) >= 11 is 5.25. The summed E-state index contributed by atoms with van der Waals surface area (Å²) < 4.78 is 0. The fourth-order valence-corrected chi connectivity index (χ4v) is 2.37. The van der Waals surface area contributed by atoms with E-state index >= 15 is 0 Å². The van der Waals surface area contributed by atoms with E-state index < -0.39 is 4.92 Å². The van der Waals surface area contributed by atoms with E-state index in [1.807, 2.05) is 25.1 Å². The molecule has 3 N–H and O–H groups in total. The summed E-state index contributed by atoms with van der Waals surface area (Å²) in [5.74, 6) is 0. The molecule has 0 aromatic heterocycles. The lowest BCUT2D eigenvalue weighted by atomic mass is 10.1. The molecule has 0 saturated carbocycles. The van der Waals surface area contributed by atoms with Crippen molar-refractivity contribution in [2.75, 3.05) is 23.7 Å². The largest absolute Gasteiger partial charge is 0.378 e. The summed E-state index contributed by atoms with van der Waals surface area (Å²) in [6.07, 6.45) is 0. The van der Waals surface area contributed by atoms with Crippen LogP contribution >= 0.6 is 12.2 Å². The summed E-state index contributed by atoms with van der Waals surface area (Å²) in [5, 5.41) is 20.7. The molecule has 0 aliphatic heterocycles. The summed E-state index contributed by atoms with van der Waals surface area (Å²) in [6.45, 7) is 5.17. The number of nitrogens with zero attached hydrogens (tertiary/aromatic N) is 1. The molecule has 2 aromatic carbocycles. The fourth-order valence-electron chi connectivity index (χ4n) is 2.15. The van der Waals surface area contributed by atoms with Gasteiger partial charge in [0.25, 0.3) is 5.69 Å². The number of benzene rings is 2. The van der Waals surface area contributed by atoms with Crippen LogP contribution in [-0.4, -0.2) is 23.1 Å². The van der Waals surface area contributed by atoms with Gasteiger partial charge in [-0.25, -0.2) is 0 Å². The highest BCUT2D eigenvalue weighted by atomic mass is 32.1. The molecule has 0 fully saturated rings. The van der Waals surface area contributed by atoms with Gasteiger partial charge in [-0.05, 0) is 55.4 Å². The van der Waals surface area contributed by atoms with Crippen molar-refractivity contribution < 1.29 is 4.92 Å². The second-order valence-electron chi connectivity index (χ2n) is 5.38. The van der Waals surface area contributed by atoms with Crippen molar-refractivity contribution in [3.63, 3.8) is 0 Å². The first-order valence-corrected chi connectivity index (χ1v) is 7.97. The van der Waals surface area contributed by atoms with Crippen molar-refractivity contribution in [2.24, 2.45) is 0 Å². The van der Waals surface area contributed by atoms with Gasteiger partial charge < -0.3 is 16.0 Å². The van der Waals surface area contributed by atoms with Crippen LogP contribution in [-0.2, 0) is 0 Å². The zero-order valence-electron chi connectivity index (χ0n) is 13.6. The molecule has 0 aliphatic carbocycles. The van der Waals surface area contributed by atoms with E-state index in [0.29, 0.717) is 23.9 Å². The number of para-hydroxylation sites is 2. The predicted octanol–water partition coefficient (Wildman–Crippen LogP) is 3.61. The molecular formula is C17H20N4O2S. The Morgan fingerprint density at radius 2 is 1.88 bits per heavy atom. The molecule has 24 heavy (non-hydrogen) atoms. The second kappa shape index (κ2) is 8.26. The van der Waals surface area contributed by atoms with Crippen LogP contribution in [0.3, 0.4) is 0 Å². The average Bonchev–Trinajstić information content (AvgIpc) is 2.55. The molecule has 0 aliphatic rings. The van der Waals surface area contributed by atoms with Gasteiger partial charge in [0.1, 0.15) is 5.69 Å². The normalized spacial score (nSPS) is 10.1. The summed E-state index contributed by atoms with van der Waals surface area (Å²) in [4.78, 5) is 10.5. The Morgan fingerprint density at radius 3 is 2.58 bits per heavy atom. The van der Waals surface area contributed by atoms with Gasteiger partial charge in [0.15, 0.2) is 5.11 Å². The maximum atomic E-state index is 10.9. The molecule has 0 saturated heterocycles. The minimum atomic E-state index is -0.401. The lowest BCUT2D eigenvalue weighted by Crippen LogP contribution is -2.32. The van der Waals surface area contributed by atoms with Crippen LogP contribution in [0.2, 0.25) is 0 Å². The van der Waals surface area contributed by atoms with Crippen molar-refractivity contribution in [1.29, 1.82) is 0 Å². The van der Waals surface area contributed by atoms with E-state index in [4.69, 9.17) is 12.2 Å². The molecule has 0 bridgehead atoms. The van der Waals surface area contributed by atoms with Crippen LogP contribution in [0.25, 0.3) is 0 Å². The summed E-state index contributed by atoms with van der Waals surface area (Å²) in [6, 6.07) is 12.6. The average molecular weight is 344 g/mol. The lowest BCUT2D eigenvalue weighted by molar-refractivity contribution is -0.384. The Balaban J connectivity index is 1.79. The molecule has 0 unspecified atom stereocenters. The molecule has 2 aromatic rings.